The zero-order valence-corrected chi connectivity index (χ0v) is 40.0. The molecule has 72 heavy (non-hydrogen) atoms. The van der Waals surface area contributed by atoms with Crippen molar-refractivity contribution in [3.8, 4) is 34.5 Å². The van der Waals surface area contributed by atoms with Gasteiger partial charge in [-0.3, -0.25) is 19.6 Å². The molecular formula is C60H44N4O8. The third-order valence-electron chi connectivity index (χ3n) is 15.0. The summed E-state index contributed by atoms with van der Waals surface area (Å²) in [6, 6.07) is 39.2. The van der Waals surface area contributed by atoms with Crippen molar-refractivity contribution in [1.29, 1.82) is 0 Å². The van der Waals surface area contributed by atoms with Crippen molar-refractivity contribution in [3.63, 3.8) is 0 Å². The number of aliphatic imine (C=N–C) groups is 2. The van der Waals surface area contributed by atoms with Crippen molar-refractivity contribution >= 4 is 55.7 Å². The van der Waals surface area contributed by atoms with Crippen molar-refractivity contribution in [2.75, 3.05) is 42.7 Å². The van der Waals surface area contributed by atoms with Gasteiger partial charge in [0.05, 0.1) is 65.5 Å². The van der Waals surface area contributed by atoms with Crippen molar-refractivity contribution in [2.45, 2.75) is 10.8 Å². The number of nitrogens with zero attached hydrogens (tertiary/aromatic N) is 2. The first kappa shape index (κ1) is 42.9. The number of methoxy groups -OCH3 is 6. The Morgan fingerprint density at radius 1 is 0.431 bits per heavy atom. The second-order valence-corrected chi connectivity index (χ2v) is 18.2. The Kier molecular flexibility index (Phi) is 9.34. The molecule has 0 radical (unpaired) electrons. The third-order valence-corrected chi connectivity index (χ3v) is 15.0. The number of benzene rings is 6. The Morgan fingerprint density at radius 2 is 0.819 bits per heavy atom. The molecule has 3 aliphatic heterocycles. The summed E-state index contributed by atoms with van der Waals surface area (Å²) in [6.07, 6.45) is 7.72. The summed E-state index contributed by atoms with van der Waals surface area (Å²) >= 11 is 0. The van der Waals surface area contributed by atoms with Crippen LogP contribution < -0.4 is 28.4 Å². The first-order valence-electron chi connectivity index (χ1n) is 23.4. The minimum Gasteiger partial charge on any atom is -0.493 e. The number of hydrogen-bond acceptors (Lipinski definition) is 10. The van der Waals surface area contributed by atoms with Gasteiger partial charge in [-0.05, 0) is 117 Å². The molecule has 2 spiro atoms. The van der Waals surface area contributed by atoms with Gasteiger partial charge in [0.15, 0.2) is 34.6 Å². The zero-order valence-electron chi connectivity index (χ0n) is 40.0. The third kappa shape index (κ3) is 5.51. The highest BCUT2D eigenvalue weighted by atomic mass is 16.5. The van der Waals surface area contributed by atoms with E-state index in [0.29, 0.717) is 113 Å². The van der Waals surface area contributed by atoms with E-state index in [2.05, 4.69) is 9.97 Å². The van der Waals surface area contributed by atoms with Crippen LogP contribution in [0.2, 0.25) is 0 Å². The van der Waals surface area contributed by atoms with Gasteiger partial charge in [-0.25, -0.2) is 0 Å². The van der Waals surface area contributed by atoms with E-state index in [4.69, 9.17) is 38.4 Å². The highest BCUT2D eigenvalue weighted by Crippen LogP contribution is 2.54. The molecule has 12 heteroatoms. The standard InChI is InChI=1S/C60H44N4O8/c1-67-43-27-33(28-44(68-2)55(43)71-5)53-39-19-23-47(61-39)59(37-17-9-13-31-11-7-15-35(51(31)37)57(59)65)49-25-21-41(63-49)54(34-29-45(69-3)56(72-6)46(30-34)70-4)42-22-26-50(64-42)60(48-24-20-40(53)62-48)38-18-10-14-32-12-8-16-36(52(32)38)58(60)66/h7-30,61,63H,1-6H3/b53-40-,54-42?. The fourth-order valence-electron chi connectivity index (χ4n) is 11.9. The van der Waals surface area contributed by atoms with Crippen LogP contribution in [-0.4, -0.2) is 75.6 Å². The molecule has 2 N–H and O–H groups in total. The molecule has 5 aliphatic rings. The lowest BCUT2D eigenvalue weighted by Crippen LogP contribution is -2.46. The van der Waals surface area contributed by atoms with Crippen LogP contribution in [0.25, 0.3) is 32.7 Å². The number of ketones is 2. The number of nitrogens with one attached hydrogen (secondary N) is 2. The maximum Gasteiger partial charge on any atom is 0.203 e. The molecule has 5 heterocycles. The van der Waals surface area contributed by atoms with Crippen molar-refractivity contribution in [2.24, 2.45) is 9.98 Å². The van der Waals surface area contributed by atoms with Gasteiger partial charge in [-0.15, -0.1) is 0 Å². The molecule has 0 saturated heterocycles. The molecule has 6 aromatic carbocycles. The summed E-state index contributed by atoms with van der Waals surface area (Å²) in [6.45, 7) is 0. The van der Waals surface area contributed by atoms with Gasteiger partial charge in [-0.2, -0.15) is 0 Å². The highest BCUT2D eigenvalue weighted by molar-refractivity contribution is 6.46. The van der Waals surface area contributed by atoms with E-state index in [9.17, 15) is 0 Å². The Hall–Kier alpha value is -9.16. The molecule has 0 amide bonds. The van der Waals surface area contributed by atoms with Crippen LogP contribution in [0.4, 0.5) is 0 Å². The Balaban J connectivity index is 1.18. The predicted molar refractivity (Wildman–Crippen MR) is 277 cm³/mol. The van der Waals surface area contributed by atoms with E-state index >= 15 is 9.59 Å². The number of aromatic nitrogens is 2. The lowest BCUT2D eigenvalue weighted by Gasteiger charge is -2.28. The van der Waals surface area contributed by atoms with E-state index in [1.165, 1.54) is 0 Å². The van der Waals surface area contributed by atoms with Crippen molar-refractivity contribution < 1.29 is 38.0 Å². The molecule has 352 valence electrons. The number of hydrogen-bond donors (Lipinski definition) is 2. The lowest BCUT2D eigenvalue weighted by atomic mass is 9.71. The largest absolute Gasteiger partial charge is 0.493 e. The number of allylic oxidation sites excluding steroid dienone is 4. The molecule has 12 nitrogen and oxygen atoms in total. The molecule has 0 fully saturated rings. The molecule has 13 rings (SSSR count). The molecule has 8 aromatic rings. The number of rotatable bonds is 8. The predicted octanol–water partition coefficient (Wildman–Crippen LogP) is 10.9. The monoisotopic (exact) mass is 948 g/mol. The van der Waals surface area contributed by atoms with Gasteiger partial charge in [0.1, 0.15) is 10.8 Å². The quantitative estimate of drug-likeness (QED) is 0.153. The Bertz CT molecular complexity index is 3740. The maximum atomic E-state index is 15.8. The first-order valence-corrected chi connectivity index (χ1v) is 23.4. The molecule has 2 atom stereocenters. The SMILES string of the molecule is COc1cc(C2=C3C=CC(=N3)C3(C(=O)c4cccc5cccc3c45)C3=N/C(=C(/c4cc(OC)c(OC)c(OC)c4)c4ccc([nH]4)C4(C(=O)c5cccc6cccc4c56)c4ccc2[nH]4)C=C3)cc(OC)c1OC. The number of fused-ring (bicyclic) bond motifs is 12. The fraction of sp³-hybridized carbons (Fsp3) is 0.133. The highest BCUT2D eigenvalue weighted by Gasteiger charge is 2.56. The summed E-state index contributed by atoms with van der Waals surface area (Å²) in [5.74, 6) is 2.35. The topological polar surface area (TPSA) is 146 Å². The number of H-pyrrole nitrogens is 2. The number of aromatic amines is 2. The van der Waals surface area contributed by atoms with Crippen LogP contribution in [0, 0.1) is 0 Å². The minimum atomic E-state index is -1.48. The minimum absolute atomic E-state index is 0.0984. The number of ether oxygens (including phenoxy) is 6. The number of Topliss-reactive ketones (excluding diaryl/α,β-unsaturated/α-hetero) is 2. The van der Waals surface area contributed by atoms with Crippen LogP contribution in [0.15, 0.2) is 167 Å². The zero-order chi connectivity index (χ0) is 49.2. The molecule has 0 saturated carbocycles. The normalized spacial score (nSPS) is 20.1. The number of carbonyl (C=O) groups is 2. The van der Waals surface area contributed by atoms with Gasteiger partial charge in [0.25, 0.3) is 0 Å². The maximum absolute atomic E-state index is 15.8. The van der Waals surface area contributed by atoms with Crippen LogP contribution in [0.1, 0.15) is 65.7 Å². The average Bonchev–Trinajstić information content (AvgIpc) is 4.31. The molecule has 2 aromatic heterocycles. The Morgan fingerprint density at radius 3 is 1.22 bits per heavy atom. The van der Waals surface area contributed by atoms with Crippen LogP contribution in [0.3, 0.4) is 0 Å². The van der Waals surface area contributed by atoms with Crippen LogP contribution >= 0.6 is 0 Å². The van der Waals surface area contributed by atoms with Gasteiger partial charge < -0.3 is 38.4 Å². The number of carbonyl (C=O) groups excluding carboxylic acids is 2. The summed E-state index contributed by atoms with van der Waals surface area (Å²) in [5.41, 5.74) is 7.20. The van der Waals surface area contributed by atoms with E-state index in [-0.39, 0.29) is 11.6 Å². The summed E-state index contributed by atoms with van der Waals surface area (Å²) in [5, 5.41) is 3.61. The van der Waals surface area contributed by atoms with Gasteiger partial charge in [-0.1, -0.05) is 72.8 Å². The molecule has 8 bridgehead atoms. The first-order chi connectivity index (χ1) is 35.2. The van der Waals surface area contributed by atoms with Gasteiger partial charge >= 0.3 is 0 Å². The van der Waals surface area contributed by atoms with E-state index in [1.807, 2.05) is 146 Å². The van der Waals surface area contributed by atoms with Crippen LogP contribution in [0.5, 0.6) is 34.5 Å². The second-order valence-electron chi connectivity index (χ2n) is 18.2. The lowest BCUT2D eigenvalue weighted by molar-refractivity contribution is 0.0939. The average molecular weight is 949 g/mol. The van der Waals surface area contributed by atoms with Crippen molar-refractivity contribution in [3.05, 3.63) is 213 Å². The molecular weight excluding hydrogens is 905 g/mol. The van der Waals surface area contributed by atoms with Gasteiger partial charge in [0.2, 0.25) is 11.5 Å². The fourth-order valence-corrected chi connectivity index (χ4v) is 11.9. The Labute approximate surface area is 413 Å². The van der Waals surface area contributed by atoms with Crippen LogP contribution in [-0.2, 0) is 10.8 Å². The summed E-state index contributed by atoms with van der Waals surface area (Å²) in [4.78, 5) is 50.3. The van der Waals surface area contributed by atoms with E-state index in [1.54, 1.807) is 42.7 Å². The van der Waals surface area contributed by atoms with Crippen molar-refractivity contribution in [1.82, 2.24) is 9.97 Å². The molecule has 2 unspecified atom stereocenters. The smallest absolute Gasteiger partial charge is 0.203 e. The van der Waals surface area contributed by atoms with E-state index in [0.717, 1.165) is 32.7 Å². The summed E-state index contributed by atoms with van der Waals surface area (Å²) in [7, 11) is 9.44. The van der Waals surface area contributed by atoms with E-state index < -0.39 is 10.8 Å². The second kappa shape index (κ2) is 15.7. The molecule has 2 aliphatic carbocycles. The summed E-state index contributed by atoms with van der Waals surface area (Å²) < 4.78 is 35.3. The van der Waals surface area contributed by atoms with Gasteiger partial charge in [0, 0.05) is 45.0 Å².